The fourth-order valence-corrected chi connectivity index (χ4v) is 3.14. The Morgan fingerprint density at radius 3 is 2.89 bits per heavy atom. The topological polar surface area (TPSA) is 17.3 Å². The van der Waals surface area contributed by atoms with E-state index in [1.165, 1.54) is 6.07 Å². The van der Waals surface area contributed by atoms with Crippen molar-refractivity contribution in [3.63, 3.8) is 0 Å². The van der Waals surface area contributed by atoms with E-state index in [-0.39, 0.29) is 5.82 Å². The van der Waals surface area contributed by atoms with E-state index in [1.807, 2.05) is 4.40 Å². The highest BCUT2D eigenvalue weighted by molar-refractivity contribution is 6.36. The van der Waals surface area contributed by atoms with Gasteiger partial charge in [-0.15, -0.1) is 0 Å². The van der Waals surface area contributed by atoms with Crippen LogP contribution in [0.4, 0.5) is 4.39 Å². The third-order valence-corrected chi connectivity index (χ3v) is 3.91. The zero-order valence-electron chi connectivity index (χ0n) is 9.62. The molecule has 0 aliphatic heterocycles. The zero-order chi connectivity index (χ0) is 13.1. The van der Waals surface area contributed by atoms with Crippen molar-refractivity contribution in [1.29, 1.82) is 0 Å². The molecule has 1 aliphatic rings. The van der Waals surface area contributed by atoms with E-state index in [2.05, 4.69) is 4.98 Å². The number of rotatable bonds is 0. The van der Waals surface area contributed by atoms with Gasteiger partial charge in [0, 0.05) is 18.2 Å². The monoisotopic (exact) mass is 292 g/mol. The minimum absolute atomic E-state index is 0.228. The molecule has 94 valence electrons. The smallest absolute Gasteiger partial charge is 0.156 e. The summed E-state index contributed by atoms with van der Waals surface area (Å²) in [7, 11) is 0. The van der Waals surface area contributed by atoms with Gasteiger partial charge < -0.3 is 4.40 Å². The Morgan fingerprint density at radius 2 is 2.05 bits per heavy atom. The number of fused-ring (bicyclic) bond motifs is 5. The normalized spacial score (nSPS) is 12.8. The van der Waals surface area contributed by atoms with Gasteiger partial charge in [-0.3, -0.25) is 0 Å². The first-order valence-electron chi connectivity index (χ1n) is 5.78. The second-order valence-electron chi connectivity index (χ2n) is 4.59. The average molecular weight is 293 g/mol. The number of halogens is 3. The van der Waals surface area contributed by atoms with Crippen molar-refractivity contribution in [3.8, 4) is 11.3 Å². The third kappa shape index (κ3) is 1.52. The number of pyridine rings is 1. The van der Waals surface area contributed by atoms with Crippen LogP contribution in [0.15, 0.2) is 30.5 Å². The maximum atomic E-state index is 13.3. The first-order valence-corrected chi connectivity index (χ1v) is 6.54. The Labute approximate surface area is 118 Å². The summed E-state index contributed by atoms with van der Waals surface area (Å²) in [5, 5.41) is 1.07. The van der Waals surface area contributed by atoms with Crippen molar-refractivity contribution < 1.29 is 4.39 Å². The highest BCUT2D eigenvalue weighted by Gasteiger charge is 2.25. The summed E-state index contributed by atoms with van der Waals surface area (Å²) in [6, 6.07) is 6.44. The molecule has 0 atom stereocenters. The highest BCUT2D eigenvalue weighted by Crippen LogP contribution is 2.38. The number of hydrogen-bond donors (Lipinski definition) is 0. The van der Waals surface area contributed by atoms with Gasteiger partial charge in [0.25, 0.3) is 0 Å². The van der Waals surface area contributed by atoms with Crippen LogP contribution in [-0.2, 0) is 6.42 Å². The molecule has 0 spiro atoms. The van der Waals surface area contributed by atoms with Crippen LogP contribution in [-0.4, -0.2) is 9.38 Å². The Morgan fingerprint density at radius 1 is 1.21 bits per heavy atom. The molecular weight excluding hydrogens is 286 g/mol. The minimum atomic E-state index is -0.228. The second kappa shape index (κ2) is 3.71. The Hall–Kier alpha value is -1.58. The summed E-state index contributed by atoms with van der Waals surface area (Å²) >= 11 is 12.2. The SMILES string of the molecule is Fc1ccc2c(c1)Cc1c-2nc2c(Cl)cc(Cl)cn12. The molecule has 2 nitrogen and oxygen atoms in total. The van der Waals surface area contributed by atoms with Gasteiger partial charge in [-0.25, -0.2) is 9.37 Å². The van der Waals surface area contributed by atoms with Gasteiger partial charge in [0.05, 0.1) is 21.4 Å². The molecule has 2 heterocycles. The van der Waals surface area contributed by atoms with E-state index in [0.717, 1.165) is 22.5 Å². The first kappa shape index (κ1) is 11.3. The van der Waals surface area contributed by atoms with Crippen molar-refractivity contribution >= 4 is 28.8 Å². The molecular formula is C14H7Cl2FN2. The zero-order valence-corrected chi connectivity index (χ0v) is 11.1. The molecule has 0 saturated carbocycles. The number of hydrogen-bond acceptors (Lipinski definition) is 1. The maximum Gasteiger partial charge on any atom is 0.156 e. The van der Waals surface area contributed by atoms with E-state index in [4.69, 9.17) is 23.2 Å². The number of aromatic nitrogens is 2. The molecule has 0 saturated heterocycles. The summed E-state index contributed by atoms with van der Waals surface area (Å²) < 4.78 is 15.2. The summed E-state index contributed by atoms with van der Waals surface area (Å²) in [5.41, 5.74) is 4.46. The lowest BCUT2D eigenvalue weighted by molar-refractivity contribution is 0.626. The van der Waals surface area contributed by atoms with Crippen LogP contribution in [0.2, 0.25) is 10.0 Å². The second-order valence-corrected chi connectivity index (χ2v) is 5.43. The van der Waals surface area contributed by atoms with Crippen LogP contribution in [0, 0.1) is 5.82 Å². The van der Waals surface area contributed by atoms with Gasteiger partial charge in [-0.05, 0) is 29.8 Å². The van der Waals surface area contributed by atoms with Crippen LogP contribution in [0.25, 0.3) is 16.9 Å². The van der Waals surface area contributed by atoms with Crippen LogP contribution >= 0.6 is 23.2 Å². The van der Waals surface area contributed by atoms with Crippen LogP contribution in [0.1, 0.15) is 11.3 Å². The summed E-state index contributed by atoms with van der Waals surface area (Å²) in [6.45, 7) is 0. The summed E-state index contributed by atoms with van der Waals surface area (Å²) in [5.74, 6) is -0.228. The quantitative estimate of drug-likeness (QED) is 0.471. The largest absolute Gasteiger partial charge is 0.300 e. The van der Waals surface area contributed by atoms with Gasteiger partial charge in [0.15, 0.2) is 5.65 Å². The minimum Gasteiger partial charge on any atom is -0.300 e. The van der Waals surface area contributed by atoms with Crippen molar-refractivity contribution in [1.82, 2.24) is 9.38 Å². The molecule has 0 N–H and O–H groups in total. The predicted octanol–water partition coefficient (Wildman–Crippen LogP) is 4.35. The lowest BCUT2D eigenvalue weighted by Crippen LogP contribution is -1.92. The average Bonchev–Trinajstić information content (AvgIpc) is 2.85. The van der Waals surface area contributed by atoms with Crippen molar-refractivity contribution in [3.05, 3.63) is 57.6 Å². The van der Waals surface area contributed by atoms with Gasteiger partial charge in [0.1, 0.15) is 5.82 Å². The fraction of sp³-hybridized carbons (Fsp3) is 0.0714. The summed E-state index contributed by atoms with van der Waals surface area (Å²) in [6.07, 6.45) is 2.43. The molecule has 3 aromatic rings. The van der Waals surface area contributed by atoms with Crippen LogP contribution in [0.5, 0.6) is 0 Å². The maximum absolute atomic E-state index is 13.3. The molecule has 0 bridgehead atoms. The van der Waals surface area contributed by atoms with E-state index in [9.17, 15) is 4.39 Å². The van der Waals surface area contributed by atoms with Gasteiger partial charge in [-0.2, -0.15) is 0 Å². The number of imidazole rings is 1. The molecule has 0 radical (unpaired) electrons. The van der Waals surface area contributed by atoms with Crippen LogP contribution < -0.4 is 0 Å². The Balaban J connectivity index is 2.07. The van der Waals surface area contributed by atoms with Gasteiger partial charge in [-0.1, -0.05) is 23.2 Å². The molecule has 2 aromatic heterocycles. The lowest BCUT2D eigenvalue weighted by atomic mass is 10.1. The number of nitrogens with zero attached hydrogens (tertiary/aromatic N) is 2. The van der Waals surface area contributed by atoms with E-state index >= 15 is 0 Å². The standard InChI is InChI=1S/C14H7Cl2FN2/c15-8-5-11(16)14-18-13-10-2-1-9(17)3-7(10)4-12(13)19(14)6-8/h1-3,5-6H,4H2. The predicted molar refractivity (Wildman–Crippen MR) is 73.4 cm³/mol. The van der Waals surface area contributed by atoms with E-state index in [1.54, 1.807) is 24.4 Å². The molecule has 5 heteroatoms. The van der Waals surface area contributed by atoms with Crippen molar-refractivity contribution in [2.75, 3.05) is 0 Å². The van der Waals surface area contributed by atoms with E-state index < -0.39 is 0 Å². The molecule has 0 fully saturated rings. The Bertz CT molecular complexity index is 839. The molecule has 4 rings (SSSR count). The van der Waals surface area contributed by atoms with Crippen molar-refractivity contribution in [2.45, 2.75) is 6.42 Å². The van der Waals surface area contributed by atoms with E-state index in [0.29, 0.717) is 22.1 Å². The molecule has 1 aliphatic carbocycles. The first-order chi connectivity index (χ1) is 9.13. The number of benzene rings is 1. The highest BCUT2D eigenvalue weighted by atomic mass is 35.5. The van der Waals surface area contributed by atoms with Crippen molar-refractivity contribution in [2.24, 2.45) is 0 Å². The van der Waals surface area contributed by atoms with Gasteiger partial charge in [0.2, 0.25) is 0 Å². The fourth-order valence-electron chi connectivity index (χ4n) is 2.62. The molecule has 19 heavy (non-hydrogen) atoms. The lowest BCUT2D eigenvalue weighted by Gasteiger charge is -2.02. The molecule has 0 amide bonds. The molecule has 1 aromatic carbocycles. The molecule has 0 unspecified atom stereocenters. The summed E-state index contributed by atoms with van der Waals surface area (Å²) in [4.78, 5) is 4.55. The Kier molecular flexibility index (Phi) is 2.20. The van der Waals surface area contributed by atoms with Crippen LogP contribution in [0.3, 0.4) is 0 Å². The van der Waals surface area contributed by atoms with Gasteiger partial charge >= 0.3 is 0 Å². The third-order valence-electron chi connectivity index (χ3n) is 3.42.